The first kappa shape index (κ1) is 19.4. The molecule has 2 aromatic heterocycles. The number of para-hydroxylation sites is 1. The van der Waals surface area contributed by atoms with Crippen molar-refractivity contribution in [3.8, 4) is 0 Å². The van der Waals surface area contributed by atoms with Crippen LogP contribution >= 0.6 is 0 Å². The standard InChI is InChI=1S/C25H18N4O3/c30-23(20-13-17-9-4-5-10-18(17)14-26-20)28-25-27-22-19(24(31)32)11-6-12-21(22)29(25)15-16-7-2-1-3-8-16/h1-14H,15H2,(H,31,32)(H,27,28,30). The van der Waals surface area contributed by atoms with Crippen molar-refractivity contribution in [2.75, 3.05) is 5.32 Å². The van der Waals surface area contributed by atoms with Gasteiger partial charge in [0.05, 0.1) is 17.6 Å². The molecule has 5 aromatic rings. The van der Waals surface area contributed by atoms with Gasteiger partial charge < -0.3 is 9.67 Å². The summed E-state index contributed by atoms with van der Waals surface area (Å²) in [5, 5.41) is 14.2. The van der Waals surface area contributed by atoms with Crippen LogP contribution in [0.2, 0.25) is 0 Å². The van der Waals surface area contributed by atoms with Crippen LogP contribution in [-0.2, 0) is 6.54 Å². The number of hydrogen-bond acceptors (Lipinski definition) is 4. The van der Waals surface area contributed by atoms with Crippen molar-refractivity contribution >= 4 is 39.6 Å². The van der Waals surface area contributed by atoms with Crippen LogP contribution in [0.25, 0.3) is 21.8 Å². The van der Waals surface area contributed by atoms with Crippen LogP contribution in [0.3, 0.4) is 0 Å². The fraction of sp³-hybridized carbons (Fsp3) is 0.0400. The van der Waals surface area contributed by atoms with Crippen LogP contribution < -0.4 is 5.32 Å². The van der Waals surface area contributed by atoms with Crippen molar-refractivity contribution in [1.82, 2.24) is 14.5 Å². The fourth-order valence-corrected chi connectivity index (χ4v) is 3.71. The van der Waals surface area contributed by atoms with Gasteiger partial charge in [0.25, 0.3) is 5.91 Å². The number of carboxylic acids is 1. The lowest BCUT2D eigenvalue weighted by Crippen LogP contribution is -2.17. The second-order valence-electron chi connectivity index (χ2n) is 7.36. The highest BCUT2D eigenvalue weighted by molar-refractivity contribution is 6.06. The first-order valence-corrected chi connectivity index (χ1v) is 10.0. The molecule has 0 spiro atoms. The molecular formula is C25H18N4O3. The Morgan fingerprint density at radius 2 is 1.66 bits per heavy atom. The number of imidazole rings is 1. The highest BCUT2D eigenvalue weighted by atomic mass is 16.4. The number of fused-ring (bicyclic) bond motifs is 2. The van der Waals surface area contributed by atoms with Gasteiger partial charge in [-0.2, -0.15) is 0 Å². The summed E-state index contributed by atoms with van der Waals surface area (Å²) in [5.41, 5.74) is 2.26. The van der Waals surface area contributed by atoms with Crippen LogP contribution in [0.1, 0.15) is 26.4 Å². The molecule has 0 aliphatic carbocycles. The summed E-state index contributed by atoms with van der Waals surface area (Å²) in [6, 6.07) is 24.0. The lowest BCUT2D eigenvalue weighted by Gasteiger charge is -2.10. The maximum Gasteiger partial charge on any atom is 0.337 e. The minimum absolute atomic E-state index is 0.0774. The largest absolute Gasteiger partial charge is 0.478 e. The molecule has 7 heteroatoms. The Morgan fingerprint density at radius 1 is 0.906 bits per heavy atom. The molecule has 7 nitrogen and oxygen atoms in total. The van der Waals surface area contributed by atoms with Gasteiger partial charge in [-0.1, -0.05) is 60.7 Å². The lowest BCUT2D eigenvalue weighted by atomic mass is 10.1. The topological polar surface area (TPSA) is 97.1 Å². The van der Waals surface area contributed by atoms with Crippen LogP contribution in [0.4, 0.5) is 5.95 Å². The molecule has 0 unspecified atom stereocenters. The second-order valence-corrected chi connectivity index (χ2v) is 7.36. The number of nitrogens with one attached hydrogen (secondary N) is 1. The average Bonchev–Trinajstić information content (AvgIpc) is 3.16. The van der Waals surface area contributed by atoms with Gasteiger partial charge in [-0.25, -0.2) is 9.78 Å². The van der Waals surface area contributed by atoms with Crippen molar-refractivity contribution in [2.45, 2.75) is 6.54 Å². The second kappa shape index (κ2) is 7.96. The van der Waals surface area contributed by atoms with Crippen LogP contribution in [0.5, 0.6) is 0 Å². The number of carbonyl (C=O) groups is 2. The van der Waals surface area contributed by atoms with Gasteiger partial charge in [-0.05, 0) is 29.1 Å². The van der Waals surface area contributed by atoms with Gasteiger partial charge in [0, 0.05) is 11.6 Å². The molecule has 0 aliphatic rings. The Kier molecular flexibility index (Phi) is 4.84. The van der Waals surface area contributed by atoms with Crippen molar-refractivity contribution in [2.24, 2.45) is 0 Å². The first-order valence-electron chi connectivity index (χ1n) is 10.0. The van der Waals surface area contributed by atoms with E-state index in [1.807, 2.05) is 54.6 Å². The van der Waals surface area contributed by atoms with Crippen molar-refractivity contribution in [3.05, 3.63) is 102 Å². The number of hydrogen-bond donors (Lipinski definition) is 2. The molecule has 0 aliphatic heterocycles. The molecule has 0 atom stereocenters. The monoisotopic (exact) mass is 422 g/mol. The minimum atomic E-state index is -1.07. The molecule has 2 N–H and O–H groups in total. The lowest BCUT2D eigenvalue weighted by molar-refractivity contribution is 0.0698. The van der Waals surface area contributed by atoms with Gasteiger partial charge in [-0.15, -0.1) is 0 Å². The van der Waals surface area contributed by atoms with Gasteiger partial charge >= 0.3 is 5.97 Å². The van der Waals surface area contributed by atoms with Crippen molar-refractivity contribution < 1.29 is 14.7 Å². The third-order valence-corrected chi connectivity index (χ3v) is 5.28. The highest BCUT2D eigenvalue weighted by Gasteiger charge is 2.19. The van der Waals surface area contributed by atoms with E-state index in [9.17, 15) is 14.7 Å². The predicted octanol–water partition coefficient (Wildman–Crippen LogP) is 4.58. The predicted molar refractivity (Wildman–Crippen MR) is 122 cm³/mol. The van der Waals surface area contributed by atoms with Crippen molar-refractivity contribution in [3.63, 3.8) is 0 Å². The number of carboxylic acid groups (broad SMARTS) is 1. The zero-order valence-corrected chi connectivity index (χ0v) is 16.9. The SMILES string of the molecule is O=C(Nc1nc2c(C(=O)O)cccc2n1Cc1ccccc1)c1cc2ccccc2cn1. The van der Waals surface area contributed by atoms with Gasteiger partial charge in [0.15, 0.2) is 0 Å². The third kappa shape index (κ3) is 3.56. The molecule has 5 rings (SSSR count). The Labute approximate surface area is 183 Å². The summed E-state index contributed by atoms with van der Waals surface area (Å²) in [5.74, 6) is -1.23. The number of anilines is 1. The maximum atomic E-state index is 13.0. The van der Waals surface area contributed by atoms with E-state index < -0.39 is 11.9 Å². The Hall–Kier alpha value is -4.52. The molecule has 2 heterocycles. The number of carbonyl (C=O) groups excluding carboxylic acids is 1. The number of amides is 1. The van der Waals surface area contributed by atoms with E-state index in [1.165, 1.54) is 6.07 Å². The molecule has 1 amide bonds. The summed E-state index contributed by atoms with van der Waals surface area (Å²) < 4.78 is 1.80. The molecule has 0 saturated carbocycles. The van der Waals surface area contributed by atoms with Crippen LogP contribution in [0.15, 0.2) is 85.1 Å². The maximum absolute atomic E-state index is 13.0. The number of aromatic carboxylic acids is 1. The molecular weight excluding hydrogens is 404 g/mol. The van der Waals surface area contributed by atoms with Crippen LogP contribution in [-0.4, -0.2) is 31.5 Å². The molecule has 156 valence electrons. The number of benzene rings is 3. The molecule has 0 bridgehead atoms. The van der Waals surface area contributed by atoms with E-state index in [4.69, 9.17) is 0 Å². The number of nitrogens with zero attached hydrogens (tertiary/aromatic N) is 3. The van der Waals surface area contributed by atoms with E-state index in [-0.39, 0.29) is 17.2 Å². The number of aromatic nitrogens is 3. The Balaban J connectivity index is 1.58. The molecule has 32 heavy (non-hydrogen) atoms. The van der Waals surface area contributed by atoms with E-state index >= 15 is 0 Å². The fourth-order valence-electron chi connectivity index (χ4n) is 3.71. The normalized spacial score (nSPS) is 11.0. The Bertz CT molecular complexity index is 1480. The molecule has 0 saturated heterocycles. The van der Waals surface area contributed by atoms with Crippen molar-refractivity contribution in [1.29, 1.82) is 0 Å². The Morgan fingerprint density at radius 3 is 2.44 bits per heavy atom. The molecule has 0 radical (unpaired) electrons. The summed E-state index contributed by atoms with van der Waals surface area (Å²) in [4.78, 5) is 33.5. The average molecular weight is 422 g/mol. The third-order valence-electron chi connectivity index (χ3n) is 5.28. The summed E-state index contributed by atoms with van der Waals surface area (Å²) in [7, 11) is 0. The summed E-state index contributed by atoms with van der Waals surface area (Å²) in [6.07, 6.45) is 1.65. The van der Waals surface area contributed by atoms with E-state index in [1.54, 1.807) is 29.0 Å². The number of pyridine rings is 1. The first-order chi connectivity index (χ1) is 15.6. The van der Waals surface area contributed by atoms with Gasteiger partial charge in [0.2, 0.25) is 5.95 Å². The van der Waals surface area contributed by atoms with E-state index in [2.05, 4.69) is 15.3 Å². The van der Waals surface area contributed by atoms with Gasteiger partial charge in [-0.3, -0.25) is 15.1 Å². The van der Waals surface area contributed by atoms with E-state index in [0.717, 1.165) is 16.3 Å². The van der Waals surface area contributed by atoms with E-state index in [0.29, 0.717) is 17.6 Å². The zero-order valence-electron chi connectivity index (χ0n) is 16.9. The summed E-state index contributed by atoms with van der Waals surface area (Å²) in [6.45, 7) is 0.418. The van der Waals surface area contributed by atoms with Gasteiger partial charge in [0.1, 0.15) is 11.2 Å². The smallest absolute Gasteiger partial charge is 0.337 e. The number of rotatable bonds is 5. The zero-order chi connectivity index (χ0) is 22.1. The molecule has 0 fully saturated rings. The highest BCUT2D eigenvalue weighted by Crippen LogP contribution is 2.25. The minimum Gasteiger partial charge on any atom is -0.478 e. The quantitative estimate of drug-likeness (QED) is 0.432. The summed E-state index contributed by atoms with van der Waals surface area (Å²) >= 11 is 0. The molecule has 3 aromatic carbocycles. The van der Waals surface area contributed by atoms with Crippen LogP contribution in [0, 0.1) is 0 Å².